The monoisotopic (exact) mass is 478 g/mol. The molecule has 4 rings (SSSR count). The SMILES string of the molecule is O=C(Cn1cc(S(=O)(=O)Cc2ccc(Cl)cc2Cl)c2ccccc21)N1CCCCCC1. The van der Waals surface area contributed by atoms with Crippen molar-refractivity contribution in [1.82, 2.24) is 9.47 Å². The molecule has 0 spiro atoms. The number of amides is 1. The van der Waals surface area contributed by atoms with E-state index in [1.807, 2.05) is 17.0 Å². The van der Waals surface area contributed by atoms with Crippen molar-refractivity contribution in [2.45, 2.75) is 42.9 Å². The number of para-hydroxylation sites is 1. The van der Waals surface area contributed by atoms with Gasteiger partial charge in [0.15, 0.2) is 9.84 Å². The normalized spacial score (nSPS) is 15.2. The van der Waals surface area contributed by atoms with Gasteiger partial charge in [0, 0.05) is 40.2 Å². The first-order valence-corrected chi connectivity index (χ1v) is 12.8. The fourth-order valence-electron chi connectivity index (χ4n) is 4.08. The summed E-state index contributed by atoms with van der Waals surface area (Å²) in [5, 5.41) is 1.38. The van der Waals surface area contributed by atoms with Crippen LogP contribution in [0.4, 0.5) is 0 Å². The molecule has 0 saturated carbocycles. The fraction of sp³-hybridized carbons (Fsp3) is 0.348. The van der Waals surface area contributed by atoms with Gasteiger partial charge in [0.2, 0.25) is 5.91 Å². The molecule has 5 nitrogen and oxygen atoms in total. The predicted octanol–water partition coefficient (Wildman–Crippen LogP) is 5.32. The van der Waals surface area contributed by atoms with Gasteiger partial charge in [-0.25, -0.2) is 8.42 Å². The second kappa shape index (κ2) is 9.23. The minimum atomic E-state index is -3.69. The smallest absolute Gasteiger partial charge is 0.242 e. The molecule has 0 aliphatic carbocycles. The standard InChI is InChI=1S/C23H24Cl2N2O3S/c24-18-10-9-17(20(25)13-18)16-31(29,30)22-14-27(21-8-4-3-7-19(21)22)15-23(28)26-11-5-1-2-6-12-26/h3-4,7-10,13-14H,1-2,5-6,11-12,15-16H2. The number of halogens is 2. The molecule has 1 aliphatic rings. The van der Waals surface area contributed by atoms with E-state index in [0.717, 1.165) is 44.3 Å². The van der Waals surface area contributed by atoms with Crippen molar-refractivity contribution in [2.24, 2.45) is 0 Å². The molecule has 0 bridgehead atoms. The van der Waals surface area contributed by atoms with Gasteiger partial charge in [-0.2, -0.15) is 0 Å². The molecule has 31 heavy (non-hydrogen) atoms. The second-order valence-corrected chi connectivity index (χ2v) is 10.7. The summed E-state index contributed by atoms with van der Waals surface area (Å²) in [6, 6.07) is 12.1. The highest BCUT2D eigenvalue weighted by Crippen LogP contribution is 2.30. The molecular formula is C23H24Cl2N2O3S. The second-order valence-electron chi connectivity index (χ2n) is 7.93. The lowest BCUT2D eigenvalue weighted by Gasteiger charge is -2.20. The van der Waals surface area contributed by atoms with E-state index in [1.165, 1.54) is 6.07 Å². The molecule has 0 atom stereocenters. The van der Waals surface area contributed by atoms with Crippen LogP contribution in [0.25, 0.3) is 10.9 Å². The maximum Gasteiger partial charge on any atom is 0.242 e. The molecule has 3 aromatic rings. The number of carbonyl (C=O) groups excluding carboxylic acids is 1. The highest BCUT2D eigenvalue weighted by molar-refractivity contribution is 7.90. The van der Waals surface area contributed by atoms with Crippen LogP contribution in [0, 0.1) is 0 Å². The lowest BCUT2D eigenvalue weighted by Crippen LogP contribution is -2.34. The number of likely N-dealkylation sites (tertiary alicyclic amines) is 1. The van der Waals surface area contributed by atoms with Crippen LogP contribution in [0.1, 0.15) is 31.2 Å². The number of hydrogen-bond donors (Lipinski definition) is 0. The van der Waals surface area contributed by atoms with E-state index in [-0.39, 0.29) is 23.1 Å². The van der Waals surface area contributed by atoms with Crippen molar-refractivity contribution in [3.63, 3.8) is 0 Å². The number of rotatable bonds is 5. The average molecular weight is 479 g/mol. The Morgan fingerprint density at radius 3 is 2.39 bits per heavy atom. The van der Waals surface area contributed by atoms with E-state index in [9.17, 15) is 13.2 Å². The molecule has 2 heterocycles. The van der Waals surface area contributed by atoms with Crippen LogP contribution < -0.4 is 0 Å². The number of aromatic nitrogens is 1. The van der Waals surface area contributed by atoms with E-state index < -0.39 is 9.84 Å². The van der Waals surface area contributed by atoms with E-state index in [4.69, 9.17) is 23.2 Å². The first kappa shape index (κ1) is 22.2. The number of carbonyl (C=O) groups is 1. The van der Waals surface area contributed by atoms with Crippen LogP contribution in [-0.4, -0.2) is 36.9 Å². The Morgan fingerprint density at radius 1 is 0.968 bits per heavy atom. The zero-order valence-corrected chi connectivity index (χ0v) is 19.4. The Balaban J connectivity index is 1.66. The lowest BCUT2D eigenvalue weighted by molar-refractivity contribution is -0.131. The predicted molar refractivity (Wildman–Crippen MR) is 124 cm³/mol. The van der Waals surface area contributed by atoms with Gasteiger partial charge in [-0.1, -0.05) is 60.3 Å². The van der Waals surface area contributed by atoms with Crippen molar-refractivity contribution in [2.75, 3.05) is 13.1 Å². The third-order valence-electron chi connectivity index (χ3n) is 5.71. The first-order valence-electron chi connectivity index (χ1n) is 10.4. The van der Waals surface area contributed by atoms with E-state index in [1.54, 1.807) is 35.0 Å². The maximum atomic E-state index is 13.3. The van der Waals surface area contributed by atoms with Gasteiger partial charge in [-0.3, -0.25) is 4.79 Å². The zero-order chi connectivity index (χ0) is 22.0. The Hall–Kier alpha value is -2.02. The number of nitrogens with zero attached hydrogens (tertiary/aromatic N) is 2. The Bertz CT molecular complexity index is 1210. The lowest BCUT2D eigenvalue weighted by atomic mass is 10.2. The number of sulfone groups is 1. The van der Waals surface area contributed by atoms with Gasteiger partial charge in [-0.15, -0.1) is 0 Å². The fourth-order valence-corrected chi connectivity index (χ4v) is 6.25. The Kier molecular flexibility index (Phi) is 6.60. The van der Waals surface area contributed by atoms with E-state index in [2.05, 4.69) is 0 Å². The number of benzene rings is 2. The van der Waals surface area contributed by atoms with Gasteiger partial charge in [-0.05, 0) is 36.6 Å². The molecule has 1 saturated heterocycles. The van der Waals surface area contributed by atoms with Gasteiger partial charge in [0.05, 0.1) is 10.6 Å². The first-order chi connectivity index (χ1) is 14.8. The van der Waals surface area contributed by atoms with Crippen LogP contribution in [0.2, 0.25) is 10.0 Å². The van der Waals surface area contributed by atoms with Gasteiger partial charge in [0.25, 0.3) is 0 Å². The largest absolute Gasteiger partial charge is 0.341 e. The summed E-state index contributed by atoms with van der Waals surface area (Å²) in [5.74, 6) is -0.218. The van der Waals surface area contributed by atoms with Crippen LogP contribution in [0.5, 0.6) is 0 Å². The summed E-state index contributed by atoms with van der Waals surface area (Å²) in [4.78, 5) is 15.0. The number of hydrogen-bond acceptors (Lipinski definition) is 3. The van der Waals surface area contributed by atoms with Crippen molar-refractivity contribution in [1.29, 1.82) is 0 Å². The summed E-state index contributed by atoms with van der Waals surface area (Å²) < 4.78 is 28.3. The minimum Gasteiger partial charge on any atom is -0.341 e. The summed E-state index contributed by atoms with van der Waals surface area (Å²) in [6.45, 7) is 1.65. The summed E-state index contributed by atoms with van der Waals surface area (Å²) >= 11 is 12.1. The van der Waals surface area contributed by atoms with Crippen molar-refractivity contribution < 1.29 is 13.2 Å². The third kappa shape index (κ3) is 4.92. The molecule has 1 aromatic heterocycles. The Labute approximate surface area is 192 Å². The minimum absolute atomic E-state index is 0.0207. The van der Waals surface area contributed by atoms with Crippen LogP contribution in [0.15, 0.2) is 53.6 Å². The maximum absolute atomic E-state index is 13.3. The molecule has 0 radical (unpaired) electrons. The van der Waals surface area contributed by atoms with Gasteiger partial charge >= 0.3 is 0 Å². The number of fused-ring (bicyclic) bond motifs is 1. The molecular weight excluding hydrogens is 455 g/mol. The average Bonchev–Trinajstić information content (AvgIpc) is 2.91. The van der Waals surface area contributed by atoms with Crippen molar-refractivity contribution >= 4 is 49.8 Å². The summed E-state index contributed by atoms with van der Waals surface area (Å²) in [7, 11) is -3.69. The van der Waals surface area contributed by atoms with Crippen LogP contribution >= 0.6 is 23.2 Å². The summed E-state index contributed by atoms with van der Waals surface area (Å²) in [6.07, 6.45) is 5.90. The van der Waals surface area contributed by atoms with Gasteiger partial charge < -0.3 is 9.47 Å². The van der Waals surface area contributed by atoms with Crippen LogP contribution in [0.3, 0.4) is 0 Å². The topological polar surface area (TPSA) is 59.4 Å². The molecule has 2 aromatic carbocycles. The molecule has 1 aliphatic heterocycles. The van der Waals surface area contributed by atoms with Crippen molar-refractivity contribution in [3.8, 4) is 0 Å². The highest BCUT2D eigenvalue weighted by Gasteiger charge is 2.24. The van der Waals surface area contributed by atoms with E-state index >= 15 is 0 Å². The van der Waals surface area contributed by atoms with Gasteiger partial charge in [0.1, 0.15) is 6.54 Å². The molecule has 8 heteroatoms. The summed E-state index contributed by atoms with van der Waals surface area (Å²) in [5.41, 5.74) is 1.22. The molecule has 164 valence electrons. The Morgan fingerprint density at radius 2 is 1.68 bits per heavy atom. The quantitative estimate of drug-likeness (QED) is 0.498. The molecule has 0 unspecified atom stereocenters. The zero-order valence-electron chi connectivity index (χ0n) is 17.1. The molecule has 0 N–H and O–H groups in total. The van der Waals surface area contributed by atoms with E-state index in [0.29, 0.717) is 21.0 Å². The highest BCUT2D eigenvalue weighted by atomic mass is 35.5. The molecule has 1 amide bonds. The van der Waals surface area contributed by atoms with Crippen molar-refractivity contribution in [3.05, 3.63) is 64.3 Å². The molecule has 1 fully saturated rings. The van der Waals surface area contributed by atoms with Crippen LogP contribution in [-0.2, 0) is 26.9 Å². The third-order valence-corrected chi connectivity index (χ3v) is 7.99.